The van der Waals surface area contributed by atoms with Gasteiger partial charge in [-0.25, -0.2) is 0 Å². The Bertz CT molecular complexity index is 2970. The molecule has 1 heterocycles. The highest BCUT2D eigenvalue weighted by molar-refractivity contribution is 6.25. The van der Waals surface area contributed by atoms with E-state index in [1.165, 1.54) is 99.3 Å². The molecule has 0 spiro atoms. The smallest absolute Gasteiger partial charge is 0.0534 e. The molecular formula is C53H37N. The maximum absolute atomic E-state index is 2.54. The van der Waals surface area contributed by atoms with Crippen LogP contribution in [0.5, 0.6) is 0 Å². The summed E-state index contributed by atoms with van der Waals surface area (Å²) in [5, 5.41) is 7.61. The molecule has 9 aromatic rings. The van der Waals surface area contributed by atoms with Crippen LogP contribution in [0.2, 0.25) is 0 Å². The van der Waals surface area contributed by atoms with Crippen LogP contribution in [0.4, 0.5) is 17.1 Å². The van der Waals surface area contributed by atoms with Crippen molar-refractivity contribution in [3.05, 3.63) is 198 Å². The first-order valence-corrected chi connectivity index (χ1v) is 18.9. The van der Waals surface area contributed by atoms with Gasteiger partial charge in [-0.1, -0.05) is 172 Å². The summed E-state index contributed by atoms with van der Waals surface area (Å²) in [7, 11) is 0. The van der Waals surface area contributed by atoms with Crippen molar-refractivity contribution in [1.82, 2.24) is 0 Å². The lowest BCUT2D eigenvalue weighted by Crippen LogP contribution is -2.15. The molecule has 2 aliphatic rings. The Kier molecular flexibility index (Phi) is 6.66. The van der Waals surface area contributed by atoms with E-state index in [1.807, 2.05) is 0 Å². The fourth-order valence-corrected chi connectivity index (χ4v) is 9.52. The summed E-state index contributed by atoms with van der Waals surface area (Å²) in [6.07, 6.45) is 4.50. The van der Waals surface area contributed by atoms with Crippen LogP contribution in [-0.4, -0.2) is 0 Å². The van der Waals surface area contributed by atoms with E-state index in [4.69, 9.17) is 0 Å². The predicted octanol–water partition coefficient (Wildman–Crippen LogP) is 14.7. The minimum absolute atomic E-state index is 0.141. The summed E-state index contributed by atoms with van der Waals surface area (Å²) in [5.41, 5.74) is 16.3. The number of benzene rings is 9. The minimum Gasteiger partial charge on any atom is -0.309 e. The van der Waals surface area contributed by atoms with Gasteiger partial charge in [0, 0.05) is 11.1 Å². The molecule has 0 aromatic heterocycles. The second-order valence-corrected chi connectivity index (χ2v) is 15.2. The lowest BCUT2D eigenvalue weighted by molar-refractivity contribution is 0.661. The molecule has 0 radical (unpaired) electrons. The highest BCUT2D eigenvalue weighted by Crippen LogP contribution is 2.55. The molecule has 0 saturated carbocycles. The van der Waals surface area contributed by atoms with Crippen molar-refractivity contribution in [2.45, 2.75) is 19.3 Å². The van der Waals surface area contributed by atoms with Crippen LogP contribution in [0.25, 0.3) is 77.9 Å². The van der Waals surface area contributed by atoms with Crippen molar-refractivity contribution in [2.24, 2.45) is 0 Å². The zero-order valence-corrected chi connectivity index (χ0v) is 30.3. The van der Waals surface area contributed by atoms with Crippen molar-refractivity contribution in [3.63, 3.8) is 0 Å². The SMILES string of the molecule is CC1(C)c2ccccc2-c2c1cc(-c1c3ccccc3c(-c3ccccc3)c3ccc(N4c5ccccc5C=Cc5ccccc54)cc13)c1ccccc21. The summed E-state index contributed by atoms with van der Waals surface area (Å²) >= 11 is 0. The lowest BCUT2D eigenvalue weighted by atomic mass is 9.79. The number of fused-ring (bicyclic) bond motifs is 9. The molecule has 54 heavy (non-hydrogen) atoms. The number of anilines is 3. The molecule has 0 fully saturated rings. The van der Waals surface area contributed by atoms with Gasteiger partial charge in [0.15, 0.2) is 0 Å². The van der Waals surface area contributed by atoms with Crippen LogP contribution < -0.4 is 4.90 Å². The molecule has 1 heteroatoms. The zero-order chi connectivity index (χ0) is 36.0. The Labute approximate surface area is 316 Å². The Morgan fingerprint density at radius 1 is 0.370 bits per heavy atom. The van der Waals surface area contributed by atoms with Crippen LogP contribution in [0.15, 0.2) is 176 Å². The van der Waals surface area contributed by atoms with Crippen LogP contribution >= 0.6 is 0 Å². The van der Waals surface area contributed by atoms with E-state index < -0.39 is 0 Å². The number of hydrogen-bond donors (Lipinski definition) is 0. The van der Waals surface area contributed by atoms with Gasteiger partial charge in [0.25, 0.3) is 0 Å². The van der Waals surface area contributed by atoms with Crippen LogP contribution in [0.3, 0.4) is 0 Å². The van der Waals surface area contributed by atoms with Gasteiger partial charge in [-0.2, -0.15) is 0 Å². The fraction of sp³-hybridized carbons (Fsp3) is 0.0566. The Balaban J connectivity index is 1.30. The molecule has 0 saturated heterocycles. The van der Waals surface area contributed by atoms with Gasteiger partial charge < -0.3 is 4.90 Å². The Morgan fingerprint density at radius 2 is 0.907 bits per heavy atom. The maximum atomic E-state index is 2.54. The number of para-hydroxylation sites is 2. The highest BCUT2D eigenvalue weighted by atomic mass is 15.1. The number of hydrogen-bond acceptors (Lipinski definition) is 1. The molecule has 0 bridgehead atoms. The third-order valence-corrected chi connectivity index (χ3v) is 12.0. The summed E-state index contributed by atoms with van der Waals surface area (Å²) in [5.74, 6) is 0. The van der Waals surface area contributed by atoms with Crippen molar-refractivity contribution in [1.29, 1.82) is 0 Å². The maximum Gasteiger partial charge on any atom is 0.0534 e. The topological polar surface area (TPSA) is 3.24 Å². The Morgan fingerprint density at radius 3 is 1.61 bits per heavy atom. The van der Waals surface area contributed by atoms with Gasteiger partial charge >= 0.3 is 0 Å². The number of rotatable bonds is 3. The van der Waals surface area contributed by atoms with E-state index >= 15 is 0 Å². The molecule has 0 amide bonds. The van der Waals surface area contributed by atoms with Crippen LogP contribution in [-0.2, 0) is 5.41 Å². The van der Waals surface area contributed by atoms with Gasteiger partial charge in [0.2, 0.25) is 0 Å². The van der Waals surface area contributed by atoms with Gasteiger partial charge in [-0.3, -0.25) is 0 Å². The number of nitrogens with zero attached hydrogens (tertiary/aromatic N) is 1. The van der Waals surface area contributed by atoms with Gasteiger partial charge in [-0.15, -0.1) is 0 Å². The molecule has 0 N–H and O–H groups in total. The van der Waals surface area contributed by atoms with Crippen molar-refractivity contribution >= 4 is 61.5 Å². The average molecular weight is 688 g/mol. The molecule has 11 rings (SSSR count). The minimum atomic E-state index is -0.141. The lowest BCUT2D eigenvalue weighted by Gasteiger charge is -2.28. The fourth-order valence-electron chi connectivity index (χ4n) is 9.52. The third-order valence-electron chi connectivity index (χ3n) is 12.0. The molecular weight excluding hydrogens is 651 g/mol. The predicted molar refractivity (Wildman–Crippen MR) is 231 cm³/mol. The largest absolute Gasteiger partial charge is 0.309 e. The molecule has 254 valence electrons. The summed E-state index contributed by atoms with van der Waals surface area (Å²) in [6.45, 7) is 4.79. The van der Waals surface area contributed by atoms with E-state index in [-0.39, 0.29) is 5.41 Å². The first-order chi connectivity index (χ1) is 26.6. The second kappa shape index (κ2) is 11.7. The average Bonchev–Trinajstić information content (AvgIpc) is 3.33. The van der Waals surface area contributed by atoms with Crippen molar-refractivity contribution < 1.29 is 0 Å². The van der Waals surface area contributed by atoms with Crippen LogP contribution in [0, 0.1) is 0 Å². The molecule has 1 aliphatic carbocycles. The molecule has 1 aliphatic heterocycles. The van der Waals surface area contributed by atoms with Crippen LogP contribution in [0.1, 0.15) is 36.1 Å². The zero-order valence-electron chi connectivity index (χ0n) is 30.3. The van der Waals surface area contributed by atoms with E-state index in [0.29, 0.717) is 0 Å². The van der Waals surface area contributed by atoms with Gasteiger partial charge in [-0.05, 0) is 118 Å². The van der Waals surface area contributed by atoms with E-state index in [9.17, 15) is 0 Å². The quantitative estimate of drug-likeness (QED) is 0.167. The van der Waals surface area contributed by atoms with Gasteiger partial charge in [0.05, 0.1) is 11.4 Å². The summed E-state index contributed by atoms with van der Waals surface area (Å²) < 4.78 is 0. The van der Waals surface area contributed by atoms with Crippen molar-refractivity contribution in [2.75, 3.05) is 4.90 Å². The molecule has 0 unspecified atom stereocenters. The first-order valence-electron chi connectivity index (χ1n) is 18.9. The van der Waals surface area contributed by atoms with Crippen molar-refractivity contribution in [3.8, 4) is 33.4 Å². The molecule has 0 atom stereocenters. The van der Waals surface area contributed by atoms with Gasteiger partial charge in [0.1, 0.15) is 0 Å². The first kappa shape index (κ1) is 30.9. The third kappa shape index (κ3) is 4.39. The highest BCUT2D eigenvalue weighted by Gasteiger charge is 2.37. The standard InChI is InChI=1S/C53H37N/c1-53(2)46-25-13-12-24-43(46)52-39-21-9-8-20-38(39)45(33-47(52)53)51-41-23-11-10-22-40(41)50(36-18-4-3-5-19-36)42-31-30-37(32-44(42)51)54-48-26-14-6-16-34(48)28-29-35-17-7-15-27-49(35)54/h3-33H,1-2H3. The monoisotopic (exact) mass is 687 g/mol. The van der Waals surface area contributed by atoms with E-state index in [1.54, 1.807) is 0 Å². The Hall–Kier alpha value is -6.70. The van der Waals surface area contributed by atoms with E-state index in [2.05, 4.69) is 207 Å². The summed E-state index contributed by atoms with van der Waals surface area (Å²) in [4.78, 5) is 2.45. The molecule has 9 aromatic carbocycles. The van der Waals surface area contributed by atoms with E-state index in [0.717, 1.165) is 5.69 Å². The normalized spacial score (nSPS) is 13.8. The summed E-state index contributed by atoms with van der Waals surface area (Å²) in [6, 6.07) is 65.3. The molecule has 1 nitrogen and oxygen atoms in total. The second-order valence-electron chi connectivity index (χ2n) is 15.2.